The first-order chi connectivity index (χ1) is 9.58. The fourth-order valence-corrected chi connectivity index (χ4v) is 1.28. The average Bonchev–Trinajstić information content (AvgIpc) is 2.41. The van der Waals surface area contributed by atoms with Gasteiger partial charge in [0, 0.05) is 6.20 Å². The van der Waals surface area contributed by atoms with E-state index in [0.29, 0.717) is 0 Å². The summed E-state index contributed by atoms with van der Waals surface area (Å²) in [6.45, 7) is -1.24. The van der Waals surface area contributed by atoms with Crippen LogP contribution in [-0.2, 0) is 9.53 Å². The fourth-order valence-electron chi connectivity index (χ4n) is 1.28. The molecule has 0 atom stereocenters. The van der Waals surface area contributed by atoms with Crippen molar-refractivity contribution < 1.29 is 23.0 Å². The van der Waals surface area contributed by atoms with Gasteiger partial charge in [-0.2, -0.15) is 14.0 Å². The molecule has 0 spiro atoms. The van der Waals surface area contributed by atoms with E-state index in [1.807, 2.05) is 0 Å². The van der Waals surface area contributed by atoms with Crippen molar-refractivity contribution in [3.63, 3.8) is 0 Å². The molecule has 0 unspecified atom stereocenters. The Bertz CT molecular complexity index is 539. The van der Waals surface area contributed by atoms with Gasteiger partial charge in [-0.3, -0.25) is 0 Å². The Morgan fingerprint density at radius 3 is 2.80 bits per heavy atom. The number of hydrogen-bond donors (Lipinski definition) is 1. The van der Waals surface area contributed by atoms with Gasteiger partial charge in [0.2, 0.25) is 0 Å². The van der Waals surface area contributed by atoms with E-state index in [2.05, 4.69) is 14.8 Å². The molecule has 0 bridgehead atoms. The molecule has 7 heteroatoms. The number of nitriles is 1. The van der Waals surface area contributed by atoms with Gasteiger partial charge in [0.25, 0.3) is 0 Å². The second-order valence-electron chi connectivity index (χ2n) is 3.41. The van der Waals surface area contributed by atoms with Crippen molar-refractivity contribution in [3.8, 4) is 11.8 Å². The molecule has 0 fully saturated rings. The highest BCUT2D eigenvalue weighted by molar-refractivity contribution is 5.93. The summed E-state index contributed by atoms with van der Waals surface area (Å²) in [5.41, 5.74) is -0.0800. The van der Waals surface area contributed by atoms with Crippen LogP contribution in [0, 0.1) is 11.3 Å². The van der Waals surface area contributed by atoms with Gasteiger partial charge in [-0.25, -0.2) is 4.79 Å². The van der Waals surface area contributed by atoms with E-state index < -0.39 is 12.6 Å². The van der Waals surface area contributed by atoms with E-state index in [4.69, 9.17) is 5.26 Å². The molecule has 0 aliphatic carbocycles. The molecule has 106 valence electrons. The largest absolute Gasteiger partial charge is 0.462 e. The van der Waals surface area contributed by atoms with Crippen molar-refractivity contribution in [3.05, 3.63) is 36.0 Å². The number of nitrogens with zero attached hydrogens (tertiary/aromatic N) is 1. The van der Waals surface area contributed by atoms with Gasteiger partial charge in [0.15, 0.2) is 5.57 Å². The van der Waals surface area contributed by atoms with Gasteiger partial charge in [-0.1, -0.05) is 12.1 Å². The number of carbonyl (C=O) groups is 1. The van der Waals surface area contributed by atoms with Crippen molar-refractivity contribution in [2.45, 2.75) is 13.5 Å². The molecule has 1 rings (SSSR count). The number of halogens is 2. The van der Waals surface area contributed by atoms with Crippen LogP contribution in [0.15, 0.2) is 36.0 Å². The second kappa shape index (κ2) is 7.74. The molecule has 0 saturated carbocycles. The SMILES string of the molecule is CCOC(=O)/C(C#N)=C/Nc1ccccc1OC(F)F. The highest BCUT2D eigenvalue weighted by atomic mass is 19.3. The third-order valence-corrected chi connectivity index (χ3v) is 2.09. The lowest BCUT2D eigenvalue weighted by Crippen LogP contribution is -2.08. The molecule has 20 heavy (non-hydrogen) atoms. The molecule has 0 aromatic heterocycles. The summed E-state index contributed by atoms with van der Waals surface area (Å²) in [6.07, 6.45) is 1.08. The van der Waals surface area contributed by atoms with E-state index in [0.717, 1.165) is 6.20 Å². The lowest BCUT2D eigenvalue weighted by molar-refractivity contribution is -0.138. The number of alkyl halides is 2. The quantitative estimate of drug-likeness (QED) is 0.493. The lowest BCUT2D eigenvalue weighted by atomic mass is 10.3. The maximum atomic E-state index is 12.2. The van der Waals surface area contributed by atoms with Crippen LogP contribution in [0.3, 0.4) is 0 Å². The summed E-state index contributed by atoms with van der Waals surface area (Å²) in [4.78, 5) is 11.4. The molecule has 0 radical (unpaired) electrons. The van der Waals surface area contributed by atoms with E-state index in [9.17, 15) is 13.6 Å². The van der Waals surface area contributed by atoms with E-state index >= 15 is 0 Å². The van der Waals surface area contributed by atoms with Gasteiger partial charge in [-0.05, 0) is 19.1 Å². The Labute approximate surface area is 114 Å². The first kappa shape index (κ1) is 15.4. The van der Waals surface area contributed by atoms with Crippen LogP contribution in [0.2, 0.25) is 0 Å². The predicted octanol–water partition coefficient (Wildman–Crippen LogP) is 2.67. The number of rotatable bonds is 6. The normalized spacial score (nSPS) is 10.8. The summed E-state index contributed by atoms with van der Waals surface area (Å²) in [6, 6.07) is 7.56. The first-order valence-corrected chi connectivity index (χ1v) is 5.66. The number of hydrogen-bond acceptors (Lipinski definition) is 5. The third kappa shape index (κ3) is 4.57. The van der Waals surface area contributed by atoms with Crippen LogP contribution in [0.5, 0.6) is 5.75 Å². The minimum absolute atomic E-state index is 0.0973. The Kier molecular flexibility index (Phi) is 5.97. The zero-order valence-electron chi connectivity index (χ0n) is 10.6. The molecule has 5 nitrogen and oxygen atoms in total. The zero-order valence-corrected chi connectivity index (χ0v) is 10.6. The summed E-state index contributed by atoms with van der Waals surface area (Å²) in [5, 5.41) is 11.4. The minimum Gasteiger partial charge on any atom is -0.462 e. The fraction of sp³-hybridized carbons (Fsp3) is 0.231. The first-order valence-electron chi connectivity index (χ1n) is 5.66. The number of esters is 1. The van der Waals surface area contributed by atoms with Crippen molar-refractivity contribution in [2.75, 3.05) is 11.9 Å². The average molecular weight is 282 g/mol. The smallest absolute Gasteiger partial charge is 0.387 e. The molecule has 0 aliphatic rings. The van der Waals surface area contributed by atoms with Gasteiger partial charge in [0.1, 0.15) is 11.8 Å². The highest BCUT2D eigenvalue weighted by Gasteiger charge is 2.11. The van der Waals surface area contributed by atoms with Gasteiger partial charge >= 0.3 is 12.6 Å². The molecule has 0 heterocycles. The van der Waals surface area contributed by atoms with E-state index in [1.54, 1.807) is 19.1 Å². The molecule has 0 saturated heterocycles. The Morgan fingerprint density at radius 2 is 2.20 bits per heavy atom. The van der Waals surface area contributed by atoms with Crippen LogP contribution >= 0.6 is 0 Å². The van der Waals surface area contributed by atoms with Gasteiger partial charge in [0.05, 0.1) is 12.3 Å². The molecule has 1 N–H and O–H groups in total. The van der Waals surface area contributed by atoms with Crippen molar-refractivity contribution in [1.29, 1.82) is 5.26 Å². The summed E-state index contributed by atoms with van der Waals surface area (Å²) in [5.74, 6) is -0.894. The third-order valence-electron chi connectivity index (χ3n) is 2.09. The molecule has 0 amide bonds. The number of benzene rings is 1. The molecule has 0 aliphatic heterocycles. The van der Waals surface area contributed by atoms with E-state index in [1.165, 1.54) is 18.2 Å². The van der Waals surface area contributed by atoms with Crippen molar-refractivity contribution in [1.82, 2.24) is 0 Å². The van der Waals surface area contributed by atoms with Gasteiger partial charge in [-0.15, -0.1) is 0 Å². The second-order valence-corrected chi connectivity index (χ2v) is 3.41. The van der Waals surface area contributed by atoms with E-state index in [-0.39, 0.29) is 23.6 Å². The molecular weight excluding hydrogens is 270 g/mol. The number of para-hydroxylation sites is 2. The number of nitrogens with one attached hydrogen (secondary N) is 1. The molecule has 1 aromatic rings. The summed E-state index contributed by atoms with van der Waals surface area (Å²) >= 11 is 0. The van der Waals surface area contributed by atoms with Crippen LogP contribution in [-0.4, -0.2) is 19.2 Å². The Hall–Kier alpha value is -2.62. The van der Waals surface area contributed by atoms with Crippen molar-refractivity contribution >= 4 is 11.7 Å². The minimum atomic E-state index is -2.97. The van der Waals surface area contributed by atoms with Crippen LogP contribution in [0.4, 0.5) is 14.5 Å². The number of ether oxygens (including phenoxy) is 2. The maximum Gasteiger partial charge on any atom is 0.387 e. The monoisotopic (exact) mass is 282 g/mol. The predicted molar refractivity (Wildman–Crippen MR) is 67.0 cm³/mol. The Morgan fingerprint density at radius 1 is 1.50 bits per heavy atom. The molecule has 1 aromatic carbocycles. The number of carbonyl (C=O) groups excluding carboxylic acids is 1. The highest BCUT2D eigenvalue weighted by Crippen LogP contribution is 2.25. The topological polar surface area (TPSA) is 71.4 Å². The zero-order chi connectivity index (χ0) is 15.0. The lowest BCUT2D eigenvalue weighted by Gasteiger charge is -2.10. The summed E-state index contributed by atoms with van der Waals surface area (Å²) < 4.78 is 33.4. The van der Waals surface area contributed by atoms with Crippen molar-refractivity contribution in [2.24, 2.45) is 0 Å². The molecular formula is C13H12F2N2O3. The maximum absolute atomic E-state index is 12.2. The van der Waals surface area contributed by atoms with Crippen LogP contribution < -0.4 is 10.1 Å². The summed E-state index contributed by atoms with van der Waals surface area (Å²) in [7, 11) is 0. The standard InChI is InChI=1S/C13H12F2N2O3/c1-2-19-12(18)9(7-16)8-17-10-5-3-4-6-11(10)20-13(14)15/h3-6,8,13,17H,2H2,1H3/b9-8+. The van der Waals surface area contributed by atoms with Crippen LogP contribution in [0.1, 0.15) is 6.92 Å². The van der Waals surface area contributed by atoms with Gasteiger partial charge < -0.3 is 14.8 Å². The van der Waals surface area contributed by atoms with Crippen LogP contribution in [0.25, 0.3) is 0 Å². The Balaban J connectivity index is 2.87. The number of anilines is 1.